The molecule has 1 atom stereocenters. The van der Waals surface area contributed by atoms with Crippen LogP contribution in [0.25, 0.3) is 11.4 Å². The van der Waals surface area contributed by atoms with Crippen molar-refractivity contribution in [2.24, 2.45) is 7.05 Å². The lowest BCUT2D eigenvalue weighted by Gasteiger charge is -2.33. The first kappa shape index (κ1) is 22.0. The maximum absolute atomic E-state index is 13.6. The fraction of sp³-hybridized carbons (Fsp3) is 0.227. The molecule has 5 rings (SSSR count). The van der Waals surface area contributed by atoms with E-state index in [4.69, 9.17) is 11.6 Å². The number of fused-ring (bicyclic) bond motifs is 1. The summed E-state index contributed by atoms with van der Waals surface area (Å²) in [4.78, 5) is 28.0. The second-order valence-electron chi connectivity index (χ2n) is 7.99. The van der Waals surface area contributed by atoms with Gasteiger partial charge in [0.1, 0.15) is 17.2 Å². The Bertz CT molecular complexity index is 1400. The van der Waals surface area contributed by atoms with Crippen LogP contribution in [-0.2, 0) is 20.1 Å². The third-order valence-corrected chi connectivity index (χ3v) is 5.88. The number of imidazole rings is 1. The Balaban J connectivity index is 1.43. The van der Waals surface area contributed by atoms with Gasteiger partial charge in [-0.15, -0.1) is 0 Å². The van der Waals surface area contributed by atoms with Gasteiger partial charge < -0.3 is 14.8 Å². The third kappa shape index (κ3) is 3.98. The molecule has 0 saturated carbocycles. The van der Waals surface area contributed by atoms with E-state index >= 15 is 0 Å². The Morgan fingerprint density at radius 2 is 2.03 bits per heavy atom. The highest BCUT2D eigenvalue weighted by Crippen LogP contribution is 2.29. The summed E-state index contributed by atoms with van der Waals surface area (Å²) in [7, 11) is 1.78. The van der Waals surface area contributed by atoms with Crippen LogP contribution in [0, 0.1) is 11.6 Å². The first-order valence-corrected chi connectivity index (χ1v) is 10.8. The highest BCUT2D eigenvalue weighted by molar-refractivity contribution is 6.32. The van der Waals surface area contributed by atoms with Crippen LogP contribution in [0.4, 0.5) is 20.5 Å². The van der Waals surface area contributed by atoms with E-state index in [1.54, 1.807) is 39.7 Å². The van der Waals surface area contributed by atoms with Gasteiger partial charge in [0.25, 0.3) is 5.91 Å². The zero-order chi connectivity index (χ0) is 24.0. The number of benzene rings is 1. The van der Waals surface area contributed by atoms with Gasteiger partial charge in [-0.3, -0.25) is 9.48 Å². The molecule has 1 aromatic carbocycles. The highest BCUT2D eigenvalue weighted by atomic mass is 35.5. The van der Waals surface area contributed by atoms with E-state index in [2.05, 4.69) is 25.4 Å². The number of rotatable bonds is 5. The standard InChI is InChI=1S/C22H19ClF2N8O/c1-12-9-32-11-17(19-14(23)8-26-22(30-19)29-18-5-6-27-31(18)2)28-20(32)21(34)33(12)10-13-3-4-15(24)16(25)7-13/h3-8,11-12H,9-10H2,1-2H3,(H,26,29,30). The molecule has 1 N–H and O–H groups in total. The molecule has 34 heavy (non-hydrogen) atoms. The SMILES string of the molecule is CC1Cn2cc(-c3nc(Nc4ccnn4C)ncc3Cl)nc2C(=O)N1Cc1ccc(F)c(F)c1. The molecular formula is C22H19ClF2N8O. The molecule has 0 bridgehead atoms. The van der Waals surface area contributed by atoms with Gasteiger partial charge in [0.15, 0.2) is 17.5 Å². The number of anilines is 2. The highest BCUT2D eigenvalue weighted by Gasteiger charge is 2.32. The number of aryl methyl sites for hydroxylation is 1. The van der Waals surface area contributed by atoms with Crippen molar-refractivity contribution in [2.75, 3.05) is 5.32 Å². The summed E-state index contributed by atoms with van der Waals surface area (Å²) in [6.07, 6.45) is 4.82. The predicted molar refractivity (Wildman–Crippen MR) is 120 cm³/mol. The first-order valence-electron chi connectivity index (χ1n) is 10.4. The molecule has 1 unspecified atom stereocenters. The summed E-state index contributed by atoms with van der Waals surface area (Å²) >= 11 is 6.36. The number of nitrogens with zero attached hydrogens (tertiary/aromatic N) is 7. The summed E-state index contributed by atoms with van der Waals surface area (Å²) in [5.74, 6) is -1.00. The van der Waals surface area contributed by atoms with Gasteiger partial charge in [0.2, 0.25) is 5.95 Å². The van der Waals surface area contributed by atoms with Crippen molar-refractivity contribution < 1.29 is 13.6 Å². The zero-order valence-electron chi connectivity index (χ0n) is 18.2. The first-order chi connectivity index (χ1) is 16.3. The van der Waals surface area contributed by atoms with Crippen molar-refractivity contribution >= 4 is 29.3 Å². The molecule has 1 aliphatic rings. The van der Waals surface area contributed by atoms with Gasteiger partial charge in [-0.2, -0.15) is 5.10 Å². The van der Waals surface area contributed by atoms with Crippen molar-refractivity contribution in [2.45, 2.75) is 26.1 Å². The van der Waals surface area contributed by atoms with Gasteiger partial charge in [-0.05, 0) is 24.6 Å². The van der Waals surface area contributed by atoms with E-state index in [1.165, 1.54) is 12.3 Å². The van der Waals surface area contributed by atoms with Crippen LogP contribution in [0.2, 0.25) is 5.02 Å². The number of hydrogen-bond donors (Lipinski definition) is 1. The molecule has 4 heterocycles. The molecule has 9 nitrogen and oxygen atoms in total. The molecule has 0 radical (unpaired) electrons. The van der Waals surface area contributed by atoms with Crippen molar-refractivity contribution in [3.63, 3.8) is 0 Å². The van der Waals surface area contributed by atoms with Crippen molar-refractivity contribution in [1.82, 2.24) is 34.2 Å². The van der Waals surface area contributed by atoms with Crippen LogP contribution in [0.5, 0.6) is 0 Å². The molecule has 0 spiro atoms. The third-order valence-electron chi connectivity index (χ3n) is 5.61. The van der Waals surface area contributed by atoms with Crippen molar-refractivity contribution in [3.8, 4) is 11.4 Å². The maximum Gasteiger partial charge on any atom is 0.290 e. The minimum atomic E-state index is -0.952. The fourth-order valence-corrected chi connectivity index (χ4v) is 4.02. The van der Waals surface area contributed by atoms with E-state index in [0.717, 1.165) is 12.1 Å². The van der Waals surface area contributed by atoms with E-state index in [0.29, 0.717) is 35.3 Å². The molecule has 0 aliphatic carbocycles. The number of aromatic nitrogens is 6. The quantitative estimate of drug-likeness (QED) is 0.463. The van der Waals surface area contributed by atoms with Crippen LogP contribution in [-0.4, -0.2) is 46.1 Å². The summed E-state index contributed by atoms with van der Waals surface area (Å²) in [6, 6.07) is 5.19. The second-order valence-corrected chi connectivity index (χ2v) is 8.40. The number of halogens is 3. The van der Waals surface area contributed by atoms with Gasteiger partial charge in [-0.1, -0.05) is 17.7 Å². The monoisotopic (exact) mass is 484 g/mol. The largest absolute Gasteiger partial charge is 0.327 e. The summed E-state index contributed by atoms with van der Waals surface area (Å²) in [5, 5.41) is 7.44. The predicted octanol–water partition coefficient (Wildman–Crippen LogP) is 3.79. The molecule has 0 saturated heterocycles. The molecule has 174 valence electrons. The summed E-state index contributed by atoms with van der Waals surface area (Å²) < 4.78 is 30.3. The molecular weight excluding hydrogens is 466 g/mol. The molecule has 3 aromatic heterocycles. The topological polar surface area (TPSA) is 93.8 Å². The van der Waals surface area contributed by atoms with Gasteiger partial charge in [-0.25, -0.2) is 23.7 Å². The molecule has 0 fully saturated rings. The van der Waals surface area contributed by atoms with Crippen LogP contribution in [0.15, 0.2) is 42.9 Å². The van der Waals surface area contributed by atoms with Crippen LogP contribution in [0.1, 0.15) is 23.1 Å². The lowest BCUT2D eigenvalue weighted by atomic mass is 10.1. The Kier molecular flexibility index (Phi) is 5.48. The van der Waals surface area contributed by atoms with Gasteiger partial charge in [0, 0.05) is 38.4 Å². The van der Waals surface area contributed by atoms with Crippen LogP contribution < -0.4 is 5.32 Å². The number of carbonyl (C=O) groups excluding carboxylic acids is 1. The van der Waals surface area contributed by atoms with Gasteiger partial charge in [0.05, 0.1) is 17.4 Å². The average molecular weight is 485 g/mol. The zero-order valence-corrected chi connectivity index (χ0v) is 19.0. The minimum absolute atomic E-state index is 0.131. The Morgan fingerprint density at radius 3 is 2.76 bits per heavy atom. The average Bonchev–Trinajstić information content (AvgIpc) is 3.41. The summed E-state index contributed by atoms with van der Waals surface area (Å²) in [5.41, 5.74) is 1.28. The number of carbonyl (C=O) groups is 1. The Hall–Kier alpha value is -3.86. The molecule has 1 aliphatic heterocycles. The molecule has 1 amide bonds. The smallest absolute Gasteiger partial charge is 0.290 e. The van der Waals surface area contributed by atoms with Crippen LogP contribution in [0.3, 0.4) is 0 Å². The lowest BCUT2D eigenvalue weighted by molar-refractivity contribution is 0.0587. The Morgan fingerprint density at radius 1 is 1.21 bits per heavy atom. The number of amides is 1. The second kappa shape index (κ2) is 8.49. The van der Waals surface area contributed by atoms with E-state index in [9.17, 15) is 13.6 Å². The molecule has 4 aromatic rings. The maximum atomic E-state index is 13.6. The molecule has 12 heteroatoms. The normalized spacial score (nSPS) is 15.5. The van der Waals surface area contributed by atoms with Crippen molar-refractivity contribution in [3.05, 3.63) is 70.9 Å². The van der Waals surface area contributed by atoms with E-state index in [-0.39, 0.29) is 29.3 Å². The van der Waals surface area contributed by atoms with Gasteiger partial charge >= 0.3 is 0 Å². The Labute approximate surface area is 198 Å². The van der Waals surface area contributed by atoms with E-state index < -0.39 is 11.6 Å². The lowest BCUT2D eigenvalue weighted by Crippen LogP contribution is -2.46. The van der Waals surface area contributed by atoms with E-state index in [1.807, 2.05) is 6.92 Å². The summed E-state index contributed by atoms with van der Waals surface area (Å²) in [6.45, 7) is 2.49. The fourth-order valence-electron chi connectivity index (χ4n) is 3.83. The number of hydrogen-bond acceptors (Lipinski definition) is 6. The van der Waals surface area contributed by atoms with Crippen LogP contribution >= 0.6 is 11.6 Å². The van der Waals surface area contributed by atoms with Crippen molar-refractivity contribution in [1.29, 1.82) is 0 Å². The minimum Gasteiger partial charge on any atom is -0.327 e. The number of nitrogens with one attached hydrogen (secondary N) is 1.